The molecule has 0 aliphatic carbocycles. The first-order chi connectivity index (χ1) is 16.4. The molecule has 1 N–H and O–H groups in total. The Hall–Kier alpha value is -3.04. The van der Waals surface area contributed by atoms with Gasteiger partial charge in [-0.2, -0.15) is 18.3 Å². The van der Waals surface area contributed by atoms with Gasteiger partial charge in [-0.1, -0.05) is 55.4 Å². The molecule has 0 aliphatic rings. The molecule has 5 nitrogen and oxygen atoms in total. The largest absolute Gasteiger partial charge is 0.433 e. The maximum atomic E-state index is 14.0. The number of aromatic nitrogens is 3. The van der Waals surface area contributed by atoms with Crippen molar-refractivity contribution >= 4 is 40.3 Å². The van der Waals surface area contributed by atoms with Gasteiger partial charge in [-0.25, -0.2) is 4.39 Å². The highest BCUT2D eigenvalue weighted by Gasteiger charge is 2.39. The number of benzene rings is 1. The van der Waals surface area contributed by atoms with Gasteiger partial charge in [0.2, 0.25) is 0 Å². The molecule has 11 heteroatoms. The minimum absolute atomic E-state index is 0.0681. The molecular weight excluding hydrogens is 505 g/mol. The van der Waals surface area contributed by atoms with Crippen LogP contribution in [0.2, 0.25) is 10.0 Å². The lowest BCUT2D eigenvalue weighted by Crippen LogP contribution is -2.18. The van der Waals surface area contributed by atoms with Crippen molar-refractivity contribution in [1.29, 1.82) is 0 Å². The fourth-order valence-electron chi connectivity index (χ4n) is 3.47. The van der Waals surface area contributed by atoms with Crippen molar-refractivity contribution in [3.63, 3.8) is 0 Å². The minimum Gasteiger partial charge on any atom is -0.373 e. The molecule has 2 aromatic heterocycles. The number of anilines is 1. The number of hydrogen-bond acceptors (Lipinski definition) is 4. The van der Waals surface area contributed by atoms with Crippen LogP contribution >= 0.6 is 23.2 Å². The van der Waals surface area contributed by atoms with Crippen LogP contribution in [0.1, 0.15) is 35.9 Å². The zero-order chi connectivity index (χ0) is 25.9. The summed E-state index contributed by atoms with van der Waals surface area (Å²) in [6.07, 6.45) is -1.39. The van der Waals surface area contributed by atoms with Crippen molar-refractivity contribution < 1.29 is 17.6 Å². The first kappa shape index (κ1) is 26.6. The molecule has 1 aromatic carbocycles. The van der Waals surface area contributed by atoms with Gasteiger partial charge in [0.1, 0.15) is 11.5 Å². The first-order valence-electron chi connectivity index (χ1n) is 10.5. The summed E-state index contributed by atoms with van der Waals surface area (Å²) >= 11 is 12.3. The van der Waals surface area contributed by atoms with Gasteiger partial charge in [-0.15, -0.1) is 0 Å². The van der Waals surface area contributed by atoms with Gasteiger partial charge < -0.3 is 10.2 Å². The number of nitrogens with one attached hydrogen (secondary N) is 1. The molecule has 0 amide bonds. The summed E-state index contributed by atoms with van der Waals surface area (Å²) in [5.74, 6) is -0.729. The molecule has 35 heavy (non-hydrogen) atoms. The summed E-state index contributed by atoms with van der Waals surface area (Å²) in [5, 5.41) is 6.68. The molecule has 0 radical (unpaired) electrons. The third-order valence-electron chi connectivity index (χ3n) is 5.21. The number of rotatable bonds is 9. The summed E-state index contributed by atoms with van der Waals surface area (Å²) in [4.78, 5) is 6.22. The van der Waals surface area contributed by atoms with E-state index in [-0.39, 0.29) is 33.4 Å². The second kappa shape index (κ2) is 10.7. The van der Waals surface area contributed by atoms with Crippen LogP contribution in [0.25, 0.3) is 11.4 Å². The maximum Gasteiger partial charge on any atom is 0.433 e. The molecule has 0 bridgehead atoms. The number of hydrogen-bond donors (Lipinski definition) is 1. The average molecular weight is 528 g/mol. The molecule has 186 valence electrons. The second-order valence-corrected chi connectivity index (χ2v) is 8.59. The Morgan fingerprint density at radius 2 is 1.91 bits per heavy atom. The van der Waals surface area contributed by atoms with E-state index in [2.05, 4.69) is 28.6 Å². The lowest BCUT2D eigenvalue weighted by molar-refractivity contribution is -0.144. The van der Waals surface area contributed by atoms with Crippen LogP contribution in [-0.4, -0.2) is 33.3 Å². The zero-order valence-electron chi connectivity index (χ0n) is 19.1. The molecule has 3 aromatic rings. The van der Waals surface area contributed by atoms with Crippen LogP contribution in [-0.2, 0) is 12.7 Å². The third-order valence-corrected chi connectivity index (χ3v) is 5.93. The summed E-state index contributed by atoms with van der Waals surface area (Å²) < 4.78 is 56.4. The summed E-state index contributed by atoms with van der Waals surface area (Å²) in [7, 11) is 1.87. The summed E-state index contributed by atoms with van der Waals surface area (Å²) in [5.41, 5.74) is 0.182. The molecule has 0 spiro atoms. The molecule has 0 aliphatic heterocycles. The van der Waals surface area contributed by atoms with Gasteiger partial charge in [0, 0.05) is 24.9 Å². The Morgan fingerprint density at radius 3 is 2.54 bits per heavy atom. The molecule has 0 unspecified atom stereocenters. The van der Waals surface area contributed by atoms with Crippen LogP contribution in [0.4, 0.5) is 23.2 Å². The van der Waals surface area contributed by atoms with Crippen LogP contribution in [0.5, 0.6) is 0 Å². The Labute approximate surface area is 210 Å². The van der Waals surface area contributed by atoms with E-state index < -0.39 is 17.7 Å². The Balaban J connectivity index is 1.88. The zero-order valence-corrected chi connectivity index (χ0v) is 20.6. The third kappa shape index (κ3) is 5.97. The van der Waals surface area contributed by atoms with E-state index >= 15 is 0 Å². The van der Waals surface area contributed by atoms with Crippen molar-refractivity contribution in [1.82, 2.24) is 19.7 Å². The predicted molar refractivity (Wildman–Crippen MR) is 132 cm³/mol. The smallest absolute Gasteiger partial charge is 0.373 e. The van der Waals surface area contributed by atoms with Crippen LogP contribution in [0, 0.1) is 5.82 Å². The van der Waals surface area contributed by atoms with Crippen molar-refractivity contribution in [2.45, 2.75) is 26.1 Å². The van der Waals surface area contributed by atoms with Crippen LogP contribution < -0.4 is 5.32 Å². The van der Waals surface area contributed by atoms with E-state index in [4.69, 9.17) is 23.2 Å². The Bertz CT molecular complexity index is 1250. The van der Waals surface area contributed by atoms with Gasteiger partial charge in [0.25, 0.3) is 0 Å². The summed E-state index contributed by atoms with van der Waals surface area (Å²) in [6, 6.07) is 5.45. The molecule has 0 fully saturated rings. The SMILES string of the molecule is C=C(Nc1cnc(C(=C)N(C)CCC)c(Cl)c1)c1cnn(Cc2cccc(F)c2Cl)c1C(F)(F)F. The van der Waals surface area contributed by atoms with Gasteiger partial charge in [0.05, 0.1) is 40.4 Å². The second-order valence-electron chi connectivity index (χ2n) is 7.80. The average Bonchev–Trinajstić information content (AvgIpc) is 3.21. The maximum absolute atomic E-state index is 14.0. The fraction of sp³-hybridized carbons (Fsp3) is 0.250. The van der Waals surface area contributed by atoms with Crippen molar-refractivity contribution in [2.75, 3.05) is 18.9 Å². The van der Waals surface area contributed by atoms with Crippen LogP contribution in [0.3, 0.4) is 0 Å². The molecular formula is C24H23Cl2F4N5. The molecule has 0 saturated heterocycles. The van der Waals surface area contributed by atoms with E-state index in [0.717, 1.165) is 25.2 Å². The normalized spacial score (nSPS) is 11.4. The first-order valence-corrected chi connectivity index (χ1v) is 11.3. The summed E-state index contributed by atoms with van der Waals surface area (Å²) in [6.45, 7) is 10.2. The standard InChI is InChI=1S/C24H23Cl2F4N5/c1-5-9-34(4)15(3)22-19(25)10-17(11-31-22)33-14(2)18-12-32-35(23(18)24(28,29)30)13-16-7-6-8-20(27)21(16)26/h6-8,10-12,33H,2-3,5,9,13H2,1,4H3. The van der Waals surface area contributed by atoms with E-state index in [0.29, 0.717) is 21.8 Å². The molecule has 0 atom stereocenters. The quantitative estimate of drug-likeness (QED) is 0.299. The Morgan fingerprint density at radius 1 is 1.20 bits per heavy atom. The number of alkyl halides is 3. The Kier molecular flexibility index (Phi) is 8.12. The van der Waals surface area contributed by atoms with Crippen molar-refractivity contribution in [2.24, 2.45) is 0 Å². The van der Waals surface area contributed by atoms with Crippen molar-refractivity contribution in [3.05, 3.63) is 88.2 Å². The highest BCUT2D eigenvalue weighted by molar-refractivity contribution is 6.32. The van der Waals surface area contributed by atoms with E-state index in [9.17, 15) is 17.6 Å². The lowest BCUT2D eigenvalue weighted by atomic mass is 10.1. The van der Waals surface area contributed by atoms with Gasteiger partial charge in [-0.05, 0) is 24.1 Å². The predicted octanol–water partition coefficient (Wildman–Crippen LogP) is 7.19. The highest BCUT2D eigenvalue weighted by atomic mass is 35.5. The molecule has 3 rings (SSSR count). The topological polar surface area (TPSA) is 46.0 Å². The van der Waals surface area contributed by atoms with Gasteiger partial charge in [-0.3, -0.25) is 9.67 Å². The van der Waals surface area contributed by atoms with Gasteiger partial charge in [0.15, 0.2) is 5.69 Å². The highest BCUT2D eigenvalue weighted by Crippen LogP contribution is 2.36. The van der Waals surface area contributed by atoms with Crippen LogP contribution in [0.15, 0.2) is 49.8 Å². The molecule has 0 saturated carbocycles. The van der Waals surface area contributed by atoms with E-state index in [1.54, 1.807) is 0 Å². The number of nitrogens with zero attached hydrogens (tertiary/aromatic N) is 4. The fourth-order valence-corrected chi connectivity index (χ4v) is 3.93. The molecule has 2 heterocycles. The monoisotopic (exact) mass is 527 g/mol. The van der Waals surface area contributed by atoms with E-state index in [1.165, 1.54) is 24.4 Å². The minimum atomic E-state index is -4.77. The van der Waals surface area contributed by atoms with Crippen molar-refractivity contribution in [3.8, 4) is 0 Å². The number of pyridine rings is 1. The number of halogens is 6. The lowest BCUT2D eigenvalue weighted by Gasteiger charge is -2.21. The van der Waals surface area contributed by atoms with E-state index in [1.807, 2.05) is 18.9 Å². The van der Waals surface area contributed by atoms with Gasteiger partial charge >= 0.3 is 6.18 Å².